The van der Waals surface area contributed by atoms with Crippen LogP contribution >= 0.6 is 11.8 Å². The van der Waals surface area contributed by atoms with Crippen molar-refractivity contribution in [2.24, 2.45) is 5.92 Å². The van der Waals surface area contributed by atoms with Crippen molar-refractivity contribution in [3.8, 4) is 0 Å². The number of hydrogen-bond acceptors (Lipinski definition) is 3. The van der Waals surface area contributed by atoms with Crippen molar-refractivity contribution >= 4 is 11.8 Å². The van der Waals surface area contributed by atoms with Crippen molar-refractivity contribution in [1.29, 1.82) is 0 Å². The van der Waals surface area contributed by atoms with E-state index in [0.717, 1.165) is 24.8 Å². The van der Waals surface area contributed by atoms with Gasteiger partial charge in [0.05, 0.1) is 0 Å². The van der Waals surface area contributed by atoms with Crippen molar-refractivity contribution in [3.63, 3.8) is 0 Å². The van der Waals surface area contributed by atoms with Crippen LogP contribution < -0.4 is 5.32 Å². The lowest BCUT2D eigenvalue weighted by molar-refractivity contribution is 0.555. The molecular weight excluding hydrogens is 194 g/mol. The highest BCUT2D eigenvalue weighted by atomic mass is 32.2. The Morgan fingerprint density at radius 1 is 1.64 bits per heavy atom. The Morgan fingerprint density at radius 2 is 2.43 bits per heavy atom. The zero-order valence-electron chi connectivity index (χ0n) is 9.13. The first kappa shape index (κ1) is 11.6. The minimum Gasteiger partial charge on any atom is -0.345 e. The van der Waals surface area contributed by atoms with Crippen LogP contribution in [0.1, 0.15) is 18.4 Å². The first-order valence-electron chi connectivity index (χ1n) is 4.92. The van der Waals surface area contributed by atoms with Crippen molar-refractivity contribution in [3.05, 3.63) is 17.7 Å². The molecule has 0 aromatic carbocycles. The molecule has 14 heavy (non-hydrogen) atoms. The van der Waals surface area contributed by atoms with Crippen LogP contribution in [0.25, 0.3) is 0 Å². The van der Waals surface area contributed by atoms with Crippen molar-refractivity contribution < 1.29 is 0 Å². The predicted octanol–water partition coefficient (Wildman–Crippen LogP) is 1.81. The first-order chi connectivity index (χ1) is 6.72. The molecule has 1 aromatic heterocycles. The van der Waals surface area contributed by atoms with Gasteiger partial charge in [0, 0.05) is 18.4 Å². The second-order valence-electron chi connectivity index (χ2n) is 3.69. The SMILES string of the molecule is CSCC(C)CNCc1cnc(C)[nH]1. The van der Waals surface area contributed by atoms with Gasteiger partial charge in [-0.2, -0.15) is 11.8 Å². The lowest BCUT2D eigenvalue weighted by Crippen LogP contribution is -2.22. The van der Waals surface area contributed by atoms with E-state index in [2.05, 4.69) is 28.5 Å². The Labute approximate surface area is 90.1 Å². The Kier molecular flexibility index (Phi) is 5.04. The molecule has 4 heteroatoms. The van der Waals surface area contributed by atoms with Crippen molar-refractivity contribution in [1.82, 2.24) is 15.3 Å². The largest absolute Gasteiger partial charge is 0.345 e. The van der Waals surface area contributed by atoms with Gasteiger partial charge in [-0.3, -0.25) is 0 Å². The number of H-pyrrole nitrogens is 1. The average Bonchev–Trinajstić information content (AvgIpc) is 2.52. The fourth-order valence-corrected chi connectivity index (χ4v) is 2.05. The van der Waals surface area contributed by atoms with Crippen LogP contribution in [0.5, 0.6) is 0 Å². The number of imidazole rings is 1. The van der Waals surface area contributed by atoms with Gasteiger partial charge in [0.2, 0.25) is 0 Å². The molecule has 1 atom stereocenters. The van der Waals surface area contributed by atoms with Crippen LogP contribution in [0.4, 0.5) is 0 Å². The van der Waals surface area contributed by atoms with Gasteiger partial charge < -0.3 is 10.3 Å². The summed E-state index contributed by atoms with van der Waals surface area (Å²) >= 11 is 1.90. The third-order valence-corrected chi connectivity index (χ3v) is 2.92. The molecule has 0 fully saturated rings. The van der Waals surface area contributed by atoms with Crippen LogP contribution in [0.3, 0.4) is 0 Å². The Balaban J connectivity index is 2.15. The van der Waals surface area contributed by atoms with Gasteiger partial charge in [0.25, 0.3) is 0 Å². The van der Waals surface area contributed by atoms with Gasteiger partial charge in [0.15, 0.2) is 0 Å². The zero-order chi connectivity index (χ0) is 10.4. The normalized spacial score (nSPS) is 13.1. The summed E-state index contributed by atoms with van der Waals surface area (Å²) in [5.41, 5.74) is 1.17. The average molecular weight is 213 g/mol. The summed E-state index contributed by atoms with van der Waals surface area (Å²) in [6.45, 7) is 6.19. The molecule has 0 aliphatic carbocycles. The lowest BCUT2D eigenvalue weighted by atomic mass is 10.2. The van der Waals surface area contributed by atoms with Crippen LogP contribution in [-0.4, -0.2) is 28.5 Å². The number of nitrogens with zero attached hydrogens (tertiary/aromatic N) is 1. The standard InChI is InChI=1S/C10H19N3S/c1-8(7-14-3)4-11-5-10-6-12-9(2)13-10/h6,8,11H,4-5,7H2,1-3H3,(H,12,13). The van der Waals surface area contributed by atoms with E-state index >= 15 is 0 Å². The fraction of sp³-hybridized carbons (Fsp3) is 0.700. The van der Waals surface area contributed by atoms with Crippen LogP contribution in [-0.2, 0) is 6.54 Å². The molecule has 1 heterocycles. The number of aryl methyl sites for hydroxylation is 1. The third-order valence-electron chi connectivity index (χ3n) is 2.01. The first-order valence-corrected chi connectivity index (χ1v) is 6.32. The molecule has 1 rings (SSSR count). The number of hydrogen-bond donors (Lipinski definition) is 2. The monoisotopic (exact) mass is 213 g/mol. The summed E-state index contributed by atoms with van der Waals surface area (Å²) in [6, 6.07) is 0. The molecule has 80 valence electrons. The molecule has 0 aliphatic rings. The van der Waals surface area contributed by atoms with E-state index in [1.807, 2.05) is 24.9 Å². The summed E-state index contributed by atoms with van der Waals surface area (Å²) in [5, 5.41) is 3.42. The summed E-state index contributed by atoms with van der Waals surface area (Å²) in [7, 11) is 0. The molecule has 0 saturated carbocycles. The quantitative estimate of drug-likeness (QED) is 0.757. The van der Waals surface area contributed by atoms with Gasteiger partial charge in [-0.15, -0.1) is 0 Å². The van der Waals surface area contributed by atoms with E-state index in [9.17, 15) is 0 Å². The topological polar surface area (TPSA) is 40.7 Å². The van der Waals surface area contributed by atoms with Gasteiger partial charge >= 0.3 is 0 Å². The van der Waals surface area contributed by atoms with Crippen LogP contribution in [0.15, 0.2) is 6.20 Å². The van der Waals surface area contributed by atoms with Gasteiger partial charge in [0.1, 0.15) is 5.82 Å². The number of thioether (sulfide) groups is 1. The van der Waals surface area contributed by atoms with Gasteiger partial charge in [-0.1, -0.05) is 6.92 Å². The second kappa shape index (κ2) is 6.09. The van der Waals surface area contributed by atoms with Gasteiger partial charge in [-0.25, -0.2) is 4.98 Å². The summed E-state index contributed by atoms with van der Waals surface area (Å²) in [6.07, 6.45) is 4.04. The lowest BCUT2D eigenvalue weighted by Gasteiger charge is -2.09. The smallest absolute Gasteiger partial charge is 0.103 e. The van der Waals surface area contributed by atoms with E-state index in [0.29, 0.717) is 0 Å². The van der Waals surface area contributed by atoms with Crippen molar-refractivity contribution in [2.75, 3.05) is 18.6 Å². The van der Waals surface area contributed by atoms with Crippen molar-refractivity contribution in [2.45, 2.75) is 20.4 Å². The molecule has 2 N–H and O–H groups in total. The minimum absolute atomic E-state index is 0.731. The van der Waals surface area contributed by atoms with Crippen LogP contribution in [0.2, 0.25) is 0 Å². The number of aromatic amines is 1. The fourth-order valence-electron chi connectivity index (χ4n) is 1.36. The van der Waals surface area contributed by atoms with E-state index in [4.69, 9.17) is 0 Å². The Hall–Kier alpha value is -0.480. The molecule has 1 unspecified atom stereocenters. The summed E-state index contributed by atoms with van der Waals surface area (Å²) in [5.74, 6) is 2.93. The third kappa shape index (κ3) is 4.15. The molecule has 0 spiro atoms. The highest BCUT2D eigenvalue weighted by Crippen LogP contribution is 2.03. The number of aromatic nitrogens is 2. The van der Waals surface area contributed by atoms with E-state index in [-0.39, 0.29) is 0 Å². The highest BCUT2D eigenvalue weighted by molar-refractivity contribution is 7.98. The highest BCUT2D eigenvalue weighted by Gasteiger charge is 2.01. The summed E-state index contributed by atoms with van der Waals surface area (Å²) in [4.78, 5) is 7.35. The molecule has 0 bridgehead atoms. The Bertz CT molecular complexity index is 260. The molecule has 1 aromatic rings. The molecule has 0 aliphatic heterocycles. The van der Waals surface area contributed by atoms with Crippen LogP contribution in [0, 0.1) is 12.8 Å². The number of rotatable bonds is 6. The summed E-state index contributed by atoms with van der Waals surface area (Å²) < 4.78 is 0. The zero-order valence-corrected chi connectivity index (χ0v) is 9.95. The van der Waals surface area contributed by atoms with E-state index < -0.39 is 0 Å². The minimum atomic E-state index is 0.731. The maximum Gasteiger partial charge on any atom is 0.103 e. The molecule has 0 amide bonds. The maximum absolute atomic E-state index is 4.15. The van der Waals surface area contributed by atoms with E-state index in [1.165, 1.54) is 11.4 Å². The Morgan fingerprint density at radius 3 is 3.00 bits per heavy atom. The maximum atomic E-state index is 4.15. The van der Waals surface area contributed by atoms with Gasteiger partial charge in [-0.05, 0) is 31.4 Å². The molecule has 3 nitrogen and oxygen atoms in total. The number of nitrogens with one attached hydrogen (secondary N) is 2. The molecular formula is C10H19N3S. The predicted molar refractivity (Wildman–Crippen MR) is 62.6 cm³/mol. The van der Waals surface area contributed by atoms with E-state index in [1.54, 1.807) is 0 Å². The molecule has 0 radical (unpaired) electrons. The second-order valence-corrected chi connectivity index (χ2v) is 4.60. The molecule has 0 saturated heterocycles.